The fourth-order valence-corrected chi connectivity index (χ4v) is 3.33. The molecule has 1 fully saturated rings. The highest BCUT2D eigenvalue weighted by Gasteiger charge is 2.33. The fourth-order valence-electron chi connectivity index (χ4n) is 3.33. The van der Waals surface area contributed by atoms with Crippen LogP contribution in [0.2, 0.25) is 0 Å². The van der Waals surface area contributed by atoms with Gasteiger partial charge in [-0.15, -0.1) is 0 Å². The van der Waals surface area contributed by atoms with Crippen molar-refractivity contribution in [2.75, 3.05) is 31.1 Å². The summed E-state index contributed by atoms with van der Waals surface area (Å²) in [6.45, 7) is 6.44. The van der Waals surface area contributed by atoms with Gasteiger partial charge in [-0.25, -0.2) is 9.18 Å². The van der Waals surface area contributed by atoms with E-state index in [-0.39, 0.29) is 18.8 Å². The van der Waals surface area contributed by atoms with E-state index in [4.69, 9.17) is 14.7 Å². The average Bonchev–Trinajstić information content (AvgIpc) is 2.76. The Balaban J connectivity index is 1.65. The smallest absolute Gasteiger partial charge is 0.410 e. The lowest BCUT2D eigenvalue weighted by Crippen LogP contribution is -2.57. The van der Waals surface area contributed by atoms with Gasteiger partial charge in [0.15, 0.2) is 0 Å². The van der Waals surface area contributed by atoms with Crippen molar-refractivity contribution < 1.29 is 23.8 Å². The third kappa shape index (κ3) is 5.86. The molecule has 0 saturated carbocycles. The number of benzene rings is 1. The average molecular weight is 442 g/mol. The van der Waals surface area contributed by atoms with Crippen LogP contribution in [-0.2, 0) is 11.3 Å². The predicted molar refractivity (Wildman–Crippen MR) is 116 cm³/mol. The molecule has 8 nitrogen and oxygen atoms in total. The number of halogens is 1. The van der Waals surface area contributed by atoms with Gasteiger partial charge in [-0.3, -0.25) is 4.90 Å². The SMILES string of the molecule is CC(C)(C)OC(=O)N1CCN(c2cccc(OCc3ccc(C#N)cc3F)n2)CC1CO. The van der Waals surface area contributed by atoms with Gasteiger partial charge in [-0.1, -0.05) is 12.1 Å². The molecule has 1 aliphatic rings. The second-order valence-electron chi connectivity index (χ2n) is 8.50. The monoisotopic (exact) mass is 442 g/mol. The van der Waals surface area contributed by atoms with Crippen molar-refractivity contribution in [3.63, 3.8) is 0 Å². The van der Waals surface area contributed by atoms with Crippen LogP contribution in [0, 0.1) is 17.1 Å². The van der Waals surface area contributed by atoms with Crippen LogP contribution in [0.4, 0.5) is 15.0 Å². The maximum atomic E-state index is 14.1. The molecule has 1 atom stereocenters. The standard InChI is InChI=1S/C23H27FN4O4/c1-23(2,3)32-22(30)28-10-9-27(13-18(28)14-29)20-5-4-6-21(26-20)31-15-17-8-7-16(12-25)11-19(17)24/h4-8,11,18,29H,9-10,13-15H2,1-3H3. The maximum absolute atomic E-state index is 14.1. The summed E-state index contributed by atoms with van der Waals surface area (Å²) in [7, 11) is 0. The Kier molecular flexibility index (Phi) is 7.15. The van der Waals surface area contributed by atoms with Gasteiger partial charge in [0.1, 0.15) is 23.8 Å². The lowest BCUT2D eigenvalue weighted by Gasteiger charge is -2.41. The molecule has 0 aliphatic carbocycles. The number of amides is 1. The van der Waals surface area contributed by atoms with E-state index in [1.807, 2.05) is 17.0 Å². The van der Waals surface area contributed by atoms with Crippen LogP contribution in [0.5, 0.6) is 5.88 Å². The number of aliphatic hydroxyl groups is 1. The van der Waals surface area contributed by atoms with E-state index < -0.39 is 23.6 Å². The van der Waals surface area contributed by atoms with Gasteiger partial charge in [0.25, 0.3) is 0 Å². The van der Waals surface area contributed by atoms with Gasteiger partial charge in [0, 0.05) is 31.3 Å². The Morgan fingerprint density at radius 3 is 2.75 bits per heavy atom. The van der Waals surface area contributed by atoms with Gasteiger partial charge in [-0.2, -0.15) is 10.2 Å². The Bertz CT molecular complexity index is 1000. The van der Waals surface area contributed by atoms with E-state index in [1.54, 1.807) is 32.9 Å². The van der Waals surface area contributed by atoms with Crippen molar-refractivity contribution in [2.24, 2.45) is 0 Å². The molecule has 0 spiro atoms. The first-order chi connectivity index (χ1) is 15.2. The van der Waals surface area contributed by atoms with Crippen LogP contribution in [0.3, 0.4) is 0 Å². The van der Waals surface area contributed by atoms with E-state index in [2.05, 4.69) is 4.98 Å². The number of anilines is 1. The van der Waals surface area contributed by atoms with Crippen molar-refractivity contribution in [2.45, 2.75) is 39.0 Å². The van der Waals surface area contributed by atoms with Gasteiger partial charge in [0.05, 0.1) is 24.3 Å². The number of carbonyl (C=O) groups is 1. The molecule has 1 aromatic heterocycles. The minimum atomic E-state index is -0.615. The number of piperazine rings is 1. The van der Waals surface area contributed by atoms with Crippen LogP contribution >= 0.6 is 0 Å². The van der Waals surface area contributed by atoms with E-state index in [1.165, 1.54) is 23.1 Å². The summed E-state index contributed by atoms with van der Waals surface area (Å²) in [5.74, 6) is 0.440. The molecule has 2 aromatic rings. The van der Waals surface area contributed by atoms with Crippen LogP contribution in [0.15, 0.2) is 36.4 Å². The lowest BCUT2D eigenvalue weighted by molar-refractivity contribution is 0.00698. The molecule has 1 unspecified atom stereocenters. The first kappa shape index (κ1) is 23.3. The number of rotatable bonds is 5. The number of aromatic nitrogens is 1. The Morgan fingerprint density at radius 1 is 1.31 bits per heavy atom. The third-order valence-corrected chi connectivity index (χ3v) is 4.91. The molecule has 1 aromatic carbocycles. The normalized spacial score (nSPS) is 16.4. The summed E-state index contributed by atoms with van der Waals surface area (Å²) in [5.41, 5.74) is -0.0478. The molecule has 1 amide bonds. The lowest BCUT2D eigenvalue weighted by atomic mass is 10.1. The number of nitrogens with zero attached hydrogens (tertiary/aromatic N) is 4. The van der Waals surface area contributed by atoms with E-state index in [9.17, 15) is 14.3 Å². The number of nitriles is 1. The molecule has 1 aliphatic heterocycles. The molecule has 9 heteroatoms. The second kappa shape index (κ2) is 9.83. The van der Waals surface area contributed by atoms with Crippen molar-refractivity contribution in [1.82, 2.24) is 9.88 Å². The minimum Gasteiger partial charge on any atom is -0.473 e. The number of hydrogen-bond donors (Lipinski definition) is 1. The molecule has 0 bridgehead atoms. The van der Waals surface area contributed by atoms with Crippen molar-refractivity contribution >= 4 is 11.9 Å². The fraction of sp³-hybridized carbons (Fsp3) is 0.435. The van der Waals surface area contributed by atoms with Crippen LogP contribution in [0.25, 0.3) is 0 Å². The highest BCUT2D eigenvalue weighted by Crippen LogP contribution is 2.22. The highest BCUT2D eigenvalue weighted by molar-refractivity contribution is 5.69. The highest BCUT2D eigenvalue weighted by atomic mass is 19.1. The summed E-state index contributed by atoms with van der Waals surface area (Å²) in [4.78, 5) is 20.4. The number of pyridine rings is 1. The summed E-state index contributed by atoms with van der Waals surface area (Å²) in [5, 5.41) is 18.7. The quantitative estimate of drug-likeness (QED) is 0.760. The zero-order valence-corrected chi connectivity index (χ0v) is 18.4. The molecule has 3 rings (SSSR count). The van der Waals surface area contributed by atoms with Gasteiger partial charge >= 0.3 is 6.09 Å². The molecule has 0 radical (unpaired) electrons. The predicted octanol–water partition coefficient (Wildman–Crippen LogP) is 3.09. The molecule has 170 valence electrons. The Labute approximate surface area is 186 Å². The number of ether oxygens (including phenoxy) is 2. The largest absolute Gasteiger partial charge is 0.473 e. The second-order valence-corrected chi connectivity index (χ2v) is 8.50. The number of carbonyl (C=O) groups excluding carboxylic acids is 1. The topological polar surface area (TPSA) is 98.9 Å². The number of hydrogen-bond acceptors (Lipinski definition) is 7. The van der Waals surface area contributed by atoms with Gasteiger partial charge < -0.3 is 19.5 Å². The van der Waals surface area contributed by atoms with E-state index in [0.717, 1.165) is 0 Å². The van der Waals surface area contributed by atoms with Crippen LogP contribution in [0.1, 0.15) is 31.9 Å². The van der Waals surface area contributed by atoms with E-state index in [0.29, 0.717) is 36.9 Å². The molecular weight excluding hydrogens is 415 g/mol. The van der Waals surface area contributed by atoms with Crippen molar-refractivity contribution in [1.29, 1.82) is 5.26 Å². The third-order valence-electron chi connectivity index (χ3n) is 4.91. The van der Waals surface area contributed by atoms with E-state index >= 15 is 0 Å². The zero-order chi connectivity index (χ0) is 23.3. The summed E-state index contributed by atoms with van der Waals surface area (Å²) in [6, 6.07) is 10.9. The first-order valence-electron chi connectivity index (χ1n) is 10.3. The Hall–Kier alpha value is -3.38. The maximum Gasteiger partial charge on any atom is 0.410 e. The van der Waals surface area contributed by atoms with Gasteiger partial charge in [0.2, 0.25) is 5.88 Å². The number of aliphatic hydroxyl groups excluding tert-OH is 1. The Morgan fingerprint density at radius 2 is 2.09 bits per heavy atom. The summed E-state index contributed by atoms with van der Waals surface area (Å²) in [6.07, 6.45) is -0.453. The van der Waals surface area contributed by atoms with Crippen LogP contribution < -0.4 is 9.64 Å². The first-order valence-corrected chi connectivity index (χ1v) is 10.3. The summed E-state index contributed by atoms with van der Waals surface area (Å²) >= 11 is 0. The molecule has 2 heterocycles. The molecule has 1 saturated heterocycles. The molecule has 32 heavy (non-hydrogen) atoms. The van der Waals surface area contributed by atoms with Gasteiger partial charge in [-0.05, 0) is 39.0 Å². The van der Waals surface area contributed by atoms with Crippen molar-refractivity contribution in [3.05, 3.63) is 53.3 Å². The summed E-state index contributed by atoms with van der Waals surface area (Å²) < 4.78 is 25.2. The zero-order valence-electron chi connectivity index (χ0n) is 18.4. The van der Waals surface area contributed by atoms with Crippen molar-refractivity contribution in [3.8, 4) is 11.9 Å². The minimum absolute atomic E-state index is 0.0281. The molecule has 1 N–H and O–H groups in total. The molecular formula is C23H27FN4O4. The van der Waals surface area contributed by atoms with Crippen LogP contribution in [-0.4, -0.2) is 59.0 Å².